The molecule has 2 aromatic rings. The minimum absolute atomic E-state index is 0.0727. The van der Waals surface area contributed by atoms with Crippen molar-refractivity contribution < 1.29 is 17.2 Å². The van der Waals surface area contributed by atoms with Crippen molar-refractivity contribution in [1.82, 2.24) is 4.72 Å². The van der Waals surface area contributed by atoms with E-state index in [0.29, 0.717) is 5.76 Å². The number of hydrogen-bond donors (Lipinski definition) is 1. The minimum Gasteiger partial charge on any atom is -0.468 e. The zero-order valence-corrected chi connectivity index (χ0v) is 10.4. The van der Waals surface area contributed by atoms with E-state index >= 15 is 0 Å². The first-order valence-corrected chi connectivity index (χ1v) is 6.73. The fraction of sp³-hybridized carbons (Fsp3) is 0.0833. The molecule has 5 nitrogen and oxygen atoms in total. The Hall–Kier alpha value is -2.17. The van der Waals surface area contributed by atoms with Gasteiger partial charge in [0, 0.05) is 0 Å². The van der Waals surface area contributed by atoms with Crippen LogP contribution in [0.5, 0.6) is 0 Å². The molecule has 0 spiro atoms. The molecule has 0 aliphatic carbocycles. The van der Waals surface area contributed by atoms with Crippen LogP contribution in [0.2, 0.25) is 0 Å². The first-order valence-electron chi connectivity index (χ1n) is 5.25. The standard InChI is InChI=1S/C12H9FN2O3S/c13-11-4-1-5-12(10(11)7-14)19(16,17)15-8-9-3-2-6-18-9/h1-6,15H,8H2. The lowest BCUT2D eigenvalue weighted by Gasteiger charge is -2.07. The van der Waals surface area contributed by atoms with Gasteiger partial charge in [-0.05, 0) is 24.3 Å². The molecule has 0 amide bonds. The van der Waals surface area contributed by atoms with E-state index in [-0.39, 0.29) is 11.4 Å². The van der Waals surface area contributed by atoms with Crippen molar-refractivity contribution >= 4 is 10.0 Å². The van der Waals surface area contributed by atoms with Crippen LogP contribution in [0.4, 0.5) is 4.39 Å². The number of rotatable bonds is 4. The normalized spacial score (nSPS) is 11.2. The Balaban J connectivity index is 2.30. The van der Waals surface area contributed by atoms with E-state index in [1.165, 1.54) is 18.4 Å². The maximum absolute atomic E-state index is 13.4. The zero-order chi connectivity index (χ0) is 13.9. The fourth-order valence-electron chi connectivity index (χ4n) is 1.49. The molecular formula is C12H9FN2O3S. The molecule has 0 aliphatic rings. The summed E-state index contributed by atoms with van der Waals surface area (Å²) in [5.41, 5.74) is -0.505. The first kappa shape index (κ1) is 13.3. The summed E-state index contributed by atoms with van der Waals surface area (Å²) in [6, 6.07) is 8.20. The number of nitrogens with zero attached hydrogens (tertiary/aromatic N) is 1. The third-order valence-corrected chi connectivity index (χ3v) is 3.84. The van der Waals surface area contributed by atoms with Gasteiger partial charge in [-0.1, -0.05) is 6.07 Å². The van der Waals surface area contributed by atoms with Crippen LogP contribution in [0.3, 0.4) is 0 Å². The lowest BCUT2D eigenvalue weighted by Crippen LogP contribution is -2.24. The predicted molar refractivity (Wildman–Crippen MR) is 63.8 cm³/mol. The summed E-state index contributed by atoms with van der Waals surface area (Å²) in [5, 5.41) is 8.81. The Morgan fingerprint density at radius 1 is 1.32 bits per heavy atom. The van der Waals surface area contributed by atoms with Crippen molar-refractivity contribution in [2.45, 2.75) is 11.4 Å². The lowest BCUT2D eigenvalue weighted by atomic mass is 10.2. The van der Waals surface area contributed by atoms with Crippen molar-refractivity contribution in [3.05, 3.63) is 53.7 Å². The number of furan rings is 1. The van der Waals surface area contributed by atoms with Crippen molar-refractivity contribution in [3.63, 3.8) is 0 Å². The van der Waals surface area contributed by atoms with E-state index in [0.717, 1.165) is 6.07 Å². The SMILES string of the molecule is N#Cc1c(F)cccc1S(=O)(=O)NCc1ccco1. The van der Waals surface area contributed by atoms with Crippen molar-refractivity contribution in [2.24, 2.45) is 0 Å². The Kier molecular flexibility index (Phi) is 3.64. The smallest absolute Gasteiger partial charge is 0.242 e. The largest absolute Gasteiger partial charge is 0.468 e. The molecule has 0 bridgehead atoms. The Labute approximate surface area is 109 Å². The molecule has 19 heavy (non-hydrogen) atoms. The van der Waals surface area contributed by atoms with E-state index in [2.05, 4.69) is 4.72 Å². The zero-order valence-electron chi connectivity index (χ0n) is 9.63. The second-order valence-electron chi connectivity index (χ2n) is 3.63. The van der Waals surface area contributed by atoms with Crippen LogP contribution in [-0.4, -0.2) is 8.42 Å². The summed E-state index contributed by atoms with van der Waals surface area (Å²) >= 11 is 0. The third-order valence-electron chi connectivity index (χ3n) is 2.39. The van der Waals surface area contributed by atoms with Gasteiger partial charge in [-0.3, -0.25) is 0 Å². The van der Waals surface area contributed by atoms with Gasteiger partial charge in [-0.15, -0.1) is 0 Å². The summed E-state index contributed by atoms with van der Waals surface area (Å²) in [4.78, 5) is -0.387. The second-order valence-corrected chi connectivity index (χ2v) is 5.36. The third kappa shape index (κ3) is 2.81. The highest BCUT2D eigenvalue weighted by molar-refractivity contribution is 7.89. The Morgan fingerprint density at radius 2 is 2.11 bits per heavy atom. The quantitative estimate of drug-likeness (QED) is 0.925. The molecule has 0 fully saturated rings. The number of halogens is 1. The van der Waals surface area contributed by atoms with Crippen LogP contribution in [0.25, 0.3) is 0 Å². The van der Waals surface area contributed by atoms with Gasteiger partial charge in [0.1, 0.15) is 28.1 Å². The van der Waals surface area contributed by atoms with E-state index in [4.69, 9.17) is 9.68 Å². The molecule has 1 aromatic heterocycles. The summed E-state index contributed by atoms with van der Waals surface area (Å²) in [7, 11) is -3.97. The molecule has 7 heteroatoms. The number of benzene rings is 1. The molecule has 1 aromatic carbocycles. The van der Waals surface area contributed by atoms with Gasteiger partial charge >= 0.3 is 0 Å². The molecular weight excluding hydrogens is 271 g/mol. The van der Waals surface area contributed by atoms with Gasteiger partial charge in [0.05, 0.1) is 12.8 Å². The molecule has 0 unspecified atom stereocenters. The van der Waals surface area contributed by atoms with Crippen LogP contribution >= 0.6 is 0 Å². The van der Waals surface area contributed by atoms with Crippen LogP contribution < -0.4 is 4.72 Å². The maximum Gasteiger partial charge on any atom is 0.242 e. The number of hydrogen-bond acceptors (Lipinski definition) is 4. The summed E-state index contributed by atoms with van der Waals surface area (Å²) in [6.45, 7) is -0.0727. The van der Waals surface area contributed by atoms with Crippen LogP contribution in [0.1, 0.15) is 11.3 Å². The molecule has 1 N–H and O–H groups in total. The maximum atomic E-state index is 13.4. The van der Waals surface area contributed by atoms with Crippen molar-refractivity contribution in [3.8, 4) is 6.07 Å². The molecule has 0 atom stereocenters. The van der Waals surface area contributed by atoms with Gasteiger partial charge < -0.3 is 4.42 Å². The molecule has 0 aliphatic heterocycles. The summed E-state index contributed by atoms with van der Waals surface area (Å²) < 4.78 is 44.6. The predicted octanol–water partition coefficient (Wildman–Crippen LogP) is 1.77. The number of nitrogens with one attached hydrogen (secondary N) is 1. The van der Waals surface area contributed by atoms with Crippen LogP contribution in [-0.2, 0) is 16.6 Å². The Morgan fingerprint density at radius 3 is 2.74 bits per heavy atom. The minimum atomic E-state index is -3.97. The number of sulfonamides is 1. The molecule has 0 saturated carbocycles. The van der Waals surface area contributed by atoms with Gasteiger partial charge in [0.15, 0.2) is 0 Å². The van der Waals surface area contributed by atoms with Crippen LogP contribution in [0, 0.1) is 17.1 Å². The second kappa shape index (κ2) is 5.22. The van der Waals surface area contributed by atoms with E-state index in [9.17, 15) is 12.8 Å². The van der Waals surface area contributed by atoms with E-state index < -0.39 is 21.4 Å². The van der Waals surface area contributed by atoms with Crippen molar-refractivity contribution in [1.29, 1.82) is 5.26 Å². The molecule has 0 saturated heterocycles. The monoisotopic (exact) mass is 280 g/mol. The van der Waals surface area contributed by atoms with Gasteiger partial charge in [0.25, 0.3) is 0 Å². The molecule has 1 heterocycles. The fourth-order valence-corrected chi connectivity index (χ4v) is 2.65. The average Bonchev–Trinajstić information content (AvgIpc) is 2.89. The highest BCUT2D eigenvalue weighted by Crippen LogP contribution is 2.18. The highest BCUT2D eigenvalue weighted by Gasteiger charge is 2.21. The lowest BCUT2D eigenvalue weighted by molar-refractivity contribution is 0.498. The van der Waals surface area contributed by atoms with E-state index in [1.54, 1.807) is 18.2 Å². The van der Waals surface area contributed by atoms with Crippen LogP contribution in [0.15, 0.2) is 45.9 Å². The molecule has 0 radical (unpaired) electrons. The van der Waals surface area contributed by atoms with Gasteiger partial charge in [0.2, 0.25) is 10.0 Å². The summed E-state index contributed by atoms with van der Waals surface area (Å²) in [6.07, 6.45) is 1.41. The van der Waals surface area contributed by atoms with E-state index in [1.807, 2.05) is 0 Å². The van der Waals surface area contributed by atoms with Gasteiger partial charge in [-0.2, -0.15) is 5.26 Å². The summed E-state index contributed by atoms with van der Waals surface area (Å²) in [5.74, 6) is -0.457. The average molecular weight is 280 g/mol. The number of nitriles is 1. The molecule has 98 valence electrons. The molecule has 2 rings (SSSR count). The highest BCUT2D eigenvalue weighted by atomic mass is 32.2. The topological polar surface area (TPSA) is 83.1 Å². The Bertz CT molecular complexity index is 718. The van der Waals surface area contributed by atoms with Gasteiger partial charge in [-0.25, -0.2) is 17.5 Å². The van der Waals surface area contributed by atoms with Crippen molar-refractivity contribution in [2.75, 3.05) is 0 Å². The first-order chi connectivity index (χ1) is 9.04.